The predicted octanol–water partition coefficient (Wildman–Crippen LogP) is 2.30. The second kappa shape index (κ2) is 6.12. The molecule has 1 aliphatic heterocycles. The molecule has 1 aliphatic rings. The van der Waals surface area contributed by atoms with Gasteiger partial charge in [0.15, 0.2) is 5.82 Å². The minimum Gasteiger partial charge on any atom is -0.351 e. The van der Waals surface area contributed by atoms with Crippen molar-refractivity contribution in [3.8, 4) is 0 Å². The highest BCUT2D eigenvalue weighted by Gasteiger charge is 2.25. The number of hydrogen-bond donors (Lipinski definition) is 1. The lowest BCUT2D eigenvalue weighted by atomic mass is 10.2. The first-order valence-corrected chi connectivity index (χ1v) is 7.64. The molecule has 2 aromatic heterocycles. The molecule has 3 heterocycles. The average molecular weight is 274 g/mol. The first kappa shape index (κ1) is 12.6. The second-order valence-electron chi connectivity index (χ2n) is 4.83. The number of nitrogens with zero attached hydrogens (tertiary/aromatic N) is 3. The van der Waals surface area contributed by atoms with E-state index >= 15 is 0 Å². The first-order valence-electron chi connectivity index (χ1n) is 6.69. The molecule has 0 radical (unpaired) electrons. The van der Waals surface area contributed by atoms with Gasteiger partial charge in [-0.3, -0.25) is 0 Å². The van der Waals surface area contributed by atoms with Crippen LogP contribution in [-0.2, 0) is 6.54 Å². The van der Waals surface area contributed by atoms with Crippen molar-refractivity contribution in [1.82, 2.24) is 15.5 Å². The van der Waals surface area contributed by atoms with Gasteiger partial charge in [0.1, 0.15) is 0 Å². The Hall–Kier alpha value is -1.46. The summed E-state index contributed by atoms with van der Waals surface area (Å²) in [5.41, 5.74) is 1.37. The van der Waals surface area contributed by atoms with E-state index in [2.05, 4.69) is 37.2 Å². The van der Waals surface area contributed by atoms with Crippen LogP contribution in [0.3, 0.4) is 0 Å². The highest BCUT2D eigenvalue weighted by Crippen LogP contribution is 2.22. The van der Waals surface area contributed by atoms with Gasteiger partial charge < -0.3 is 10.2 Å². The van der Waals surface area contributed by atoms with E-state index in [1.165, 1.54) is 18.4 Å². The number of nitrogens with one attached hydrogen (secondary N) is 1. The molecule has 19 heavy (non-hydrogen) atoms. The Balaban J connectivity index is 1.55. The topological polar surface area (TPSA) is 41.1 Å². The van der Waals surface area contributed by atoms with Crippen LogP contribution in [0, 0.1) is 0 Å². The molecular weight excluding hydrogens is 256 g/mol. The maximum atomic E-state index is 4.22. The summed E-state index contributed by atoms with van der Waals surface area (Å²) in [7, 11) is 0. The molecule has 0 aliphatic carbocycles. The molecule has 0 amide bonds. The fourth-order valence-electron chi connectivity index (χ4n) is 2.57. The molecule has 100 valence electrons. The smallest absolute Gasteiger partial charge is 0.151 e. The van der Waals surface area contributed by atoms with Gasteiger partial charge in [0.25, 0.3) is 0 Å². The maximum Gasteiger partial charge on any atom is 0.151 e. The highest BCUT2D eigenvalue weighted by molar-refractivity contribution is 7.07. The summed E-state index contributed by atoms with van der Waals surface area (Å²) >= 11 is 1.75. The lowest BCUT2D eigenvalue weighted by Crippen LogP contribution is -2.38. The van der Waals surface area contributed by atoms with E-state index in [0.717, 1.165) is 25.5 Å². The van der Waals surface area contributed by atoms with E-state index in [1.807, 2.05) is 12.1 Å². The van der Waals surface area contributed by atoms with Gasteiger partial charge in [-0.2, -0.15) is 16.4 Å². The summed E-state index contributed by atoms with van der Waals surface area (Å²) in [5, 5.41) is 16.1. The van der Waals surface area contributed by atoms with Crippen LogP contribution in [0.4, 0.5) is 5.82 Å². The normalized spacial score (nSPS) is 18.9. The van der Waals surface area contributed by atoms with Crippen molar-refractivity contribution in [2.45, 2.75) is 25.4 Å². The lowest BCUT2D eigenvalue weighted by Gasteiger charge is -2.25. The van der Waals surface area contributed by atoms with Crippen molar-refractivity contribution < 1.29 is 0 Å². The van der Waals surface area contributed by atoms with E-state index in [9.17, 15) is 0 Å². The summed E-state index contributed by atoms with van der Waals surface area (Å²) in [6, 6.07) is 6.71. The molecule has 4 nitrogen and oxygen atoms in total. The molecule has 0 bridgehead atoms. The average Bonchev–Trinajstić information content (AvgIpc) is 3.11. The van der Waals surface area contributed by atoms with Crippen LogP contribution in [0.2, 0.25) is 0 Å². The van der Waals surface area contributed by atoms with E-state index in [1.54, 1.807) is 17.5 Å². The standard InChI is InChI=1S/C14H18N4S/c1-4-14(17-16-6-1)18-7-2-3-13(18)10-15-9-12-5-8-19-11-12/h1,4-6,8,11,13,15H,2-3,7,9-10H2/t13-/m0/s1. The molecule has 0 spiro atoms. The zero-order chi connectivity index (χ0) is 12.9. The Morgan fingerprint density at radius 1 is 1.42 bits per heavy atom. The molecular formula is C14H18N4S. The van der Waals surface area contributed by atoms with Crippen molar-refractivity contribution in [1.29, 1.82) is 0 Å². The zero-order valence-corrected chi connectivity index (χ0v) is 11.6. The molecule has 1 saturated heterocycles. The van der Waals surface area contributed by atoms with E-state index in [4.69, 9.17) is 0 Å². The zero-order valence-electron chi connectivity index (χ0n) is 10.8. The van der Waals surface area contributed by atoms with Crippen LogP contribution < -0.4 is 10.2 Å². The fourth-order valence-corrected chi connectivity index (χ4v) is 3.24. The molecule has 0 saturated carbocycles. The molecule has 3 rings (SSSR count). The molecule has 5 heteroatoms. The van der Waals surface area contributed by atoms with Crippen LogP contribution in [0.15, 0.2) is 35.2 Å². The Bertz CT molecular complexity index is 485. The summed E-state index contributed by atoms with van der Waals surface area (Å²) in [6.45, 7) is 3.05. The Morgan fingerprint density at radius 2 is 2.42 bits per heavy atom. The number of aromatic nitrogens is 2. The van der Waals surface area contributed by atoms with Crippen LogP contribution >= 0.6 is 11.3 Å². The van der Waals surface area contributed by atoms with Crippen LogP contribution in [-0.4, -0.2) is 29.3 Å². The van der Waals surface area contributed by atoms with Crippen molar-refractivity contribution in [2.75, 3.05) is 18.0 Å². The van der Waals surface area contributed by atoms with Crippen molar-refractivity contribution in [3.63, 3.8) is 0 Å². The van der Waals surface area contributed by atoms with Gasteiger partial charge in [0, 0.05) is 31.9 Å². The third-order valence-corrected chi connectivity index (χ3v) is 4.25. The van der Waals surface area contributed by atoms with Gasteiger partial charge in [-0.15, -0.1) is 5.10 Å². The number of hydrogen-bond acceptors (Lipinski definition) is 5. The quantitative estimate of drug-likeness (QED) is 0.908. The number of thiophene rings is 1. The van der Waals surface area contributed by atoms with Gasteiger partial charge in [0.2, 0.25) is 0 Å². The van der Waals surface area contributed by atoms with Gasteiger partial charge in [-0.1, -0.05) is 0 Å². The predicted molar refractivity (Wildman–Crippen MR) is 78.4 cm³/mol. The minimum absolute atomic E-state index is 0.537. The number of anilines is 1. The van der Waals surface area contributed by atoms with Gasteiger partial charge >= 0.3 is 0 Å². The highest BCUT2D eigenvalue weighted by atomic mass is 32.1. The fraction of sp³-hybridized carbons (Fsp3) is 0.429. The first-order chi connectivity index (χ1) is 9.43. The third-order valence-electron chi connectivity index (χ3n) is 3.52. The van der Waals surface area contributed by atoms with Crippen molar-refractivity contribution >= 4 is 17.2 Å². The van der Waals surface area contributed by atoms with Gasteiger partial charge in [0.05, 0.1) is 0 Å². The second-order valence-corrected chi connectivity index (χ2v) is 5.61. The Morgan fingerprint density at radius 3 is 3.21 bits per heavy atom. The van der Waals surface area contributed by atoms with Crippen LogP contribution in [0.1, 0.15) is 18.4 Å². The van der Waals surface area contributed by atoms with E-state index in [-0.39, 0.29) is 0 Å². The largest absolute Gasteiger partial charge is 0.351 e. The molecule has 0 aromatic carbocycles. The molecule has 1 fully saturated rings. The van der Waals surface area contributed by atoms with Crippen molar-refractivity contribution in [3.05, 3.63) is 40.7 Å². The minimum atomic E-state index is 0.537. The lowest BCUT2D eigenvalue weighted by molar-refractivity contribution is 0.570. The van der Waals surface area contributed by atoms with Crippen LogP contribution in [0.25, 0.3) is 0 Å². The molecule has 1 N–H and O–H groups in total. The van der Waals surface area contributed by atoms with Gasteiger partial charge in [-0.25, -0.2) is 0 Å². The maximum absolute atomic E-state index is 4.22. The van der Waals surface area contributed by atoms with Crippen molar-refractivity contribution in [2.24, 2.45) is 0 Å². The monoisotopic (exact) mass is 274 g/mol. The molecule has 2 aromatic rings. The SMILES string of the molecule is c1cnnc(N2CCC[C@H]2CNCc2ccsc2)c1. The van der Waals surface area contributed by atoms with Crippen LogP contribution in [0.5, 0.6) is 0 Å². The summed E-state index contributed by atoms with van der Waals surface area (Å²) in [4.78, 5) is 2.37. The Kier molecular flexibility index (Phi) is 4.05. The van der Waals surface area contributed by atoms with E-state index < -0.39 is 0 Å². The van der Waals surface area contributed by atoms with Gasteiger partial charge in [-0.05, 0) is 47.4 Å². The summed E-state index contributed by atoms with van der Waals surface area (Å²) in [5.74, 6) is 1.00. The summed E-state index contributed by atoms with van der Waals surface area (Å²) < 4.78 is 0. The third kappa shape index (κ3) is 3.11. The molecule has 1 atom stereocenters. The Labute approximate surface area is 117 Å². The number of rotatable bonds is 5. The summed E-state index contributed by atoms with van der Waals surface area (Å²) in [6.07, 6.45) is 4.19. The molecule has 0 unspecified atom stereocenters. The van der Waals surface area contributed by atoms with E-state index in [0.29, 0.717) is 6.04 Å².